The molecule has 0 aliphatic rings. The smallest absolute Gasteiger partial charge is 0.000763 e. The maximum atomic E-state index is 2.51. The van der Waals surface area contributed by atoms with Gasteiger partial charge in [0.1, 0.15) is 0 Å². The van der Waals surface area contributed by atoms with Gasteiger partial charge in [0.15, 0.2) is 0 Å². The SMILES string of the molecule is Cc1ccc(-c2c3cc(-c4ccccc4)cc(-c4ccc(-c5ccccc5)cc4)c3c(-c3ccc(C(C)(C)C)cc3)c3cc4cc(-c5ccccc5)ccc4c(-c4ccc(-c5ccccc5)cc4)c23)cc1. The lowest BCUT2D eigenvalue weighted by molar-refractivity contribution is 0.590. The second kappa shape index (κ2) is 18.1. The number of hydrogen-bond acceptors (Lipinski definition) is 0. The summed E-state index contributed by atoms with van der Waals surface area (Å²) in [4.78, 5) is 0. The van der Waals surface area contributed by atoms with Crippen LogP contribution in [0.2, 0.25) is 0 Å². The molecule has 0 spiro atoms. The largest absolute Gasteiger partial charge is 0.0622 e. The van der Waals surface area contributed by atoms with Gasteiger partial charge in [-0.2, -0.15) is 0 Å². The van der Waals surface area contributed by atoms with E-state index in [2.05, 4.69) is 282 Å². The third kappa shape index (κ3) is 8.22. The fourth-order valence-corrected chi connectivity index (χ4v) is 10.8. The molecule has 12 aromatic carbocycles. The third-order valence-corrected chi connectivity index (χ3v) is 14.5. The van der Waals surface area contributed by atoms with E-state index in [1.165, 1.54) is 132 Å². The zero-order valence-corrected chi connectivity index (χ0v) is 40.7. The molecule has 0 aromatic heterocycles. The average molecular weight is 907 g/mol. The molecule has 338 valence electrons. The summed E-state index contributed by atoms with van der Waals surface area (Å²) in [6.07, 6.45) is 0. The van der Waals surface area contributed by atoms with Gasteiger partial charge in [-0.15, -0.1) is 0 Å². The first kappa shape index (κ1) is 43.7. The minimum atomic E-state index is -0.00265. The van der Waals surface area contributed by atoms with Gasteiger partial charge in [-0.05, 0) is 164 Å². The quantitative estimate of drug-likeness (QED) is 0.133. The highest BCUT2D eigenvalue weighted by atomic mass is 14.3. The Kier molecular flexibility index (Phi) is 11.1. The maximum absolute atomic E-state index is 2.51. The predicted molar refractivity (Wildman–Crippen MR) is 306 cm³/mol. The van der Waals surface area contributed by atoms with Crippen molar-refractivity contribution in [3.63, 3.8) is 0 Å². The first-order chi connectivity index (χ1) is 34.7. The van der Waals surface area contributed by atoms with Gasteiger partial charge in [0.2, 0.25) is 0 Å². The highest BCUT2D eigenvalue weighted by Gasteiger charge is 2.26. The second-order valence-corrected chi connectivity index (χ2v) is 20.1. The molecule has 0 N–H and O–H groups in total. The van der Waals surface area contributed by atoms with E-state index in [1.807, 2.05) is 0 Å². The Bertz CT molecular complexity index is 3860. The van der Waals surface area contributed by atoms with Crippen molar-refractivity contribution in [2.45, 2.75) is 33.1 Å². The molecule has 0 saturated heterocycles. The van der Waals surface area contributed by atoms with Gasteiger partial charge in [0.25, 0.3) is 0 Å². The van der Waals surface area contributed by atoms with Gasteiger partial charge in [-0.3, -0.25) is 0 Å². The van der Waals surface area contributed by atoms with Gasteiger partial charge < -0.3 is 0 Å². The highest BCUT2D eigenvalue weighted by molar-refractivity contribution is 6.31. The molecule has 0 unspecified atom stereocenters. The molecule has 0 atom stereocenters. The van der Waals surface area contributed by atoms with Gasteiger partial charge in [0, 0.05) is 0 Å². The van der Waals surface area contributed by atoms with Crippen LogP contribution >= 0.6 is 0 Å². The van der Waals surface area contributed by atoms with Crippen LogP contribution in [-0.4, -0.2) is 0 Å². The molecule has 12 aromatic rings. The Labute approximate surface area is 418 Å². The van der Waals surface area contributed by atoms with E-state index in [-0.39, 0.29) is 5.41 Å². The van der Waals surface area contributed by atoms with Crippen LogP contribution in [-0.2, 0) is 5.41 Å². The fourth-order valence-electron chi connectivity index (χ4n) is 10.8. The Morgan fingerprint density at radius 1 is 0.254 bits per heavy atom. The molecule has 12 rings (SSSR count). The molecule has 0 nitrogen and oxygen atoms in total. The zero-order chi connectivity index (χ0) is 48.1. The summed E-state index contributed by atoms with van der Waals surface area (Å²) in [7, 11) is 0. The van der Waals surface area contributed by atoms with E-state index in [4.69, 9.17) is 0 Å². The number of benzene rings is 12. The van der Waals surface area contributed by atoms with Crippen molar-refractivity contribution in [1.29, 1.82) is 0 Å². The fraction of sp³-hybridized carbons (Fsp3) is 0.0704. The zero-order valence-electron chi connectivity index (χ0n) is 40.7. The molecular formula is C71H54. The minimum Gasteiger partial charge on any atom is -0.0622 e. The molecule has 0 radical (unpaired) electrons. The normalized spacial score (nSPS) is 11.7. The standard InChI is InChI=1S/C71H54/c1-47-25-27-55(28-26-47)68-64-45-59(51-23-15-8-16-24-51)44-63(54-33-29-52(30-34-54)48-17-9-5-10-18-48)69(64)67(57-37-40-61(41-38-57)71(2,3)4)65-46-60-43-58(50-21-13-7-14-22-50)39-42-62(60)66(70(65)68)56-35-31-53(32-36-56)49-19-11-6-12-20-49/h5-46H,1-4H3. The Morgan fingerprint density at radius 3 is 1.13 bits per heavy atom. The van der Waals surface area contributed by atoms with Crippen LogP contribution < -0.4 is 0 Å². The number of rotatable bonds is 8. The second-order valence-electron chi connectivity index (χ2n) is 20.1. The van der Waals surface area contributed by atoms with E-state index in [9.17, 15) is 0 Å². The van der Waals surface area contributed by atoms with Crippen molar-refractivity contribution in [3.8, 4) is 89.0 Å². The van der Waals surface area contributed by atoms with Crippen LogP contribution in [0.25, 0.3) is 121 Å². The van der Waals surface area contributed by atoms with Crippen molar-refractivity contribution in [1.82, 2.24) is 0 Å². The molecule has 0 heteroatoms. The van der Waals surface area contributed by atoms with Crippen molar-refractivity contribution in [2.24, 2.45) is 0 Å². The van der Waals surface area contributed by atoms with Crippen LogP contribution in [0, 0.1) is 6.92 Å². The van der Waals surface area contributed by atoms with Crippen molar-refractivity contribution >= 4 is 32.3 Å². The molecule has 71 heavy (non-hydrogen) atoms. The van der Waals surface area contributed by atoms with Crippen LogP contribution in [0.15, 0.2) is 255 Å². The lowest BCUT2D eigenvalue weighted by Crippen LogP contribution is -2.10. The van der Waals surface area contributed by atoms with Crippen molar-refractivity contribution in [2.75, 3.05) is 0 Å². The van der Waals surface area contributed by atoms with Crippen molar-refractivity contribution in [3.05, 3.63) is 266 Å². The summed E-state index contributed by atoms with van der Waals surface area (Å²) in [5, 5.41) is 7.37. The van der Waals surface area contributed by atoms with E-state index in [0.717, 1.165) is 0 Å². The van der Waals surface area contributed by atoms with E-state index in [0.29, 0.717) is 0 Å². The summed E-state index contributed by atoms with van der Waals surface area (Å²) in [5.41, 5.74) is 21.8. The van der Waals surface area contributed by atoms with Crippen LogP contribution in [0.3, 0.4) is 0 Å². The average Bonchev–Trinajstić information content (AvgIpc) is 3.42. The molecule has 0 aliphatic heterocycles. The predicted octanol–water partition coefficient (Wildman–Crippen LogP) is 20.1. The summed E-state index contributed by atoms with van der Waals surface area (Å²) < 4.78 is 0. The van der Waals surface area contributed by atoms with E-state index in [1.54, 1.807) is 0 Å². The lowest BCUT2D eigenvalue weighted by Gasteiger charge is -2.25. The monoisotopic (exact) mass is 906 g/mol. The van der Waals surface area contributed by atoms with Crippen LogP contribution in [0.5, 0.6) is 0 Å². The summed E-state index contributed by atoms with van der Waals surface area (Å²) >= 11 is 0. The van der Waals surface area contributed by atoms with Gasteiger partial charge in [0.05, 0.1) is 0 Å². The molecule has 0 heterocycles. The lowest BCUT2D eigenvalue weighted by atomic mass is 9.77. The molecule has 0 bridgehead atoms. The molecule has 0 aliphatic carbocycles. The Morgan fingerprint density at radius 2 is 0.620 bits per heavy atom. The van der Waals surface area contributed by atoms with Crippen LogP contribution in [0.4, 0.5) is 0 Å². The number of hydrogen-bond donors (Lipinski definition) is 0. The molecular weight excluding hydrogens is 853 g/mol. The third-order valence-electron chi connectivity index (χ3n) is 14.5. The Hall–Kier alpha value is -8.58. The first-order valence-corrected chi connectivity index (χ1v) is 24.9. The Balaban J connectivity index is 1.29. The summed E-state index contributed by atoms with van der Waals surface area (Å²) in [6, 6.07) is 95.0. The molecule has 0 amide bonds. The first-order valence-electron chi connectivity index (χ1n) is 24.9. The summed E-state index contributed by atoms with van der Waals surface area (Å²) in [6.45, 7) is 9.10. The molecule has 0 saturated carbocycles. The number of fused-ring (bicyclic) bond motifs is 3. The maximum Gasteiger partial charge on any atom is -0.000763 e. The topological polar surface area (TPSA) is 0 Å². The highest BCUT2D eigenvalue weighted by Crippen LogP contribution is 2.53. The molecule has 0 fully saturated rings. The minimum absolute atomic E-state index is 0.00265. The number of aryl methyl sites for hydroxylation is 1. The van der Waals surface area contributed by atoms with E-state index < -0.39 is 0 Å². The summed E-state index contributed by atoms with van der Waals surface area (Å²) in [5.74, 6) is 0. The van der Waals surface area contributed by atoms with Gasteiger partial charge >= 0.3 is 0 Å². The van der Waals surface area contributed by atoms with Gasteiger partial charge in [-0.1, -0.05) is 257 Å². The van der Waals surface area contributed by atoms with Gasteiger partial charge in [-0.25, -0.2) is 0 Å². The van der Waals surface area contributed by atoms with Crippen LogP contribution in [0.1, 0.15) is 31.9 Å². The van der Waals surface area contributed by atoms with Crippen molar-refractivity contribution < 1.29 is 0 Å². The van der Waals surface area contributed by atoms with E-state index >= 15 is 0 Å².